The number of anilines is 1. The number of nitro benzene ring substituents is 1. The van der Waals surface area contributed by atoms with Crippen molar-refractivity contribution in [2.75, 3.05) is 11.9 Å². The molecule has 8 heteroatoms. The molecular formula is C25H20N4O4. The van der Waals surface area contributed by atoms with E-state index < -0.39 is 16.9 Å². The molecule has 33 heavy (non-hydrogen) atoms. The van der Waals surface area contributed by atoms with Gasteiger partial charge in [-0.25, -0.2) is 9.78 Å². The normalized spacial score (nSPS) is 15.1. The fourth-order valence-electron chi connectivity index (χ4n) is 4.27. The van der Waals surface area contributed by atoms with Gasteiger partial charge in [0.25, 0.3) is 5.69 Å². The van der Waals surface area contributed by atoms with E-state index in [0.717, 1.165) is 11.1 Å². The summed E-state index contributed by atoms with van der Waals surface area (Å²) in [4.78, 5) is 29.6. The molecule has 1 aliphatic heterocycles. The minimum absolute atomic E-state index is 0.0812. The molecule has 0 radical (unpaired) electrons. The lowest BCUT2D eigenvalue weighted by molar-refractivity contribution is -0.385. The number of para-hydroxylation sites is 3. The van der Waals surface area contributed by atoms with Crippen LogP contribution in [0.2, 0.25) is 0 Å². The number of hydrogen-bond acceptors (Lipinski definition) is 6. The van der Waals surface area contributed by atoms with Gasteiger partial charge in [0.15, 0.2) is 0 Å². The number of aromatic nitrogens is 2. The van der Waals surface area contributed by atoms with Crippen molar-refractivity contribution in [3.05, 3.63) is 106 Å². The summed E-state index contributed by atoms with van der Waals surface area (Å²) < 4.78 is 7.28. The number of hydrogen-bond donors (Lipinski definition) is 1. The Labute approximate surface area is 189 Å². The summed E-state index contributed by atoms with van der Waals surface area (Å²) in [5.74, 6) is -0.0540. The molecular weight excluding hydrogens is 420 g/mol. The number of nitro groups is 1. The highest BCUT2D eigenvalue weighted by Gasteiger charge is 2.39. The third-order valence-electron chi connectivity index (χ3n) is 5.62. The highest BCUT2D eigenvalue weighted by atomic mass is 16.6. The van der Waals surface area contributed by atoms with Gasteiger partial charge in [-0.15, -0.1) is 0 Å². The summed E-state index contributed by atoms with van der Waals surface area (Å²) in [6.45, 7) is 1.90. The first-order chi connectivity index (χ1) is 16.1. The molecule has 1 N–H and O–H groups in total. The molecule has 1 atom stereocenters. The van der Waals surface area contributed by atoms with Crippen LogP contribution in [0.15, 0.2) is 84.4 Å². The average molecular weight is 440 g/mol. The van der Waals surface area contributed by atoms with E-state index in [2.05, 4.69) is 5.32 Å². The standard InChI is InChI=1S/C25H20N4O4/c1-2-33-24(30)21-22(16-10-4-3-5-11-16)27-25-26-18-13-7-9-15-20(18)28(25)23(21)17-12-6-8-14-19(17)29(31)32/h3-15,23H,2H2,1H3,(H,26,27). The van der Waals surface area contributed by atoms with Crippen molar-refractivity contribution in [1.29, 1.82) is 0 Å². The van der Waals surface area contributed by atoms with Gasteiger partial charge >= 0.3 is 5.97 Å². The van der Waals surface area contributed by atoms with Crippen molar-refractivity contribution in [3.8, 4) is 0 Å². The van der Waals surface area contributed by atoms with Crippen LogP contribution in [0.5, 0.6) is 0 Å². The van der Waals surface area contributed by atoms with Crippen LogP contribution in [0.4, 0.5) is 11.6 Å². The molecule has 0 fully saturated rings. The van der Waals surface area contributed by atoms with Gasteiger partial charge in [0, 0.05) is 6.07 Å². The second-order valence-electron chi connectivity index (χ2n) is 7.51. The maximum Gasteiger partial charge on any atom is 0.338 e. The summed E-state index contributed by atoms with van der Waals surface area (Å²) in [7, 11) is 0. The molecule has 0 aliphatic carbocycles. The van der Waals surface area contributed by atoms with E-state index in [1.165, 1.54) is 6.07 Å². The van der Waals surface area contributed by atoms with Crippen molar-refractivity contribution < 1.29 is 14.5 Å². The van der Waals surface area contributed by atoms with Gasteiger partial charge < -0.3 is 10.1 Å². The van der Waals surface area contributed by atoms with Crippen molar-refractivity contribution >= 4 is 34.3 Å². The van der Waals surface area contributed by atoms with E-state index in [1.54, 1.807) is 25.1 Å². The Morgan fingerprint density at radius 2 is 1.76 bits per heavy atom. The van der Waals surface area contributed by atoms with Gasteiger partial charge in [-0.05, 0) is 30.7 Å². The number of ether oxygens (including phenoxy) is 1. The van der Waals surface area contributed by atoms with Gasteiger partial charge in [0.05, 0.1) is 39.4 Å². The Hall–Kier alpha value is -4.46. The van der Waals surface area contributed by atoms with E-state index in [1.807, 2.05) is 59.2 Å². The zero-order valence-electron chi connectivity index (χ0n) is 17.8. The molecule has 3 aromatic carbocycles. The van der Waals surface area contributed by atoms with Crippen LogP contribution in [0.3, 0.4) is 0 Å². The maximum absolute atomic E-state index is 13.4. The van der Waals surface area contributed by atoms with Crippen molar-refractivity contribution in [1.82, 2.24) is 9.55 Å². The van der Waals surface area contributed by atoms with E-state index in [9.17, 15) is 14.9 Å². The maximum atomic E-state index is 13.4. The molecule has 164 valence electrons. The number of imidazole rings is 1. The van der Waals surface area contributed by atoms with E-state index in [-0.39, 0.29) is 17.9 Å². The lowest BCUT2D eigenvalue weighted by Crippen LogP contribution is -2.29. The van der Waals surface area contributed by atoms with Crippen LogP contribution in [-0.4, -0.2) is 27.1 Å². The molecule has 5 rings (SSSR count). The summed E-state index contributed by atoms with van der Waals surface area (Å²) in [6, 6.07) is 22.5. The lowest BCUT2D eigenvalue weighted by atomic mass is 9.91. The molecule has 0 saturated heterocycles. The molecule has 2 heterocycles. The van der Waals surface area contributed by atoms with Crippen molar-refractivity contribution in [2.45, 2.75) is 13.0 Å². The fraction of sp³-hybridized carbons (Fsp3) is 0.120. The number of benzene rings is 3. The molecule has 0 bridgehead atoms. The van der Waals surface area contributed by atoms with Gasteiger partial charge in [0.2, 0.25) is 5.95 Å². The number of carbonyl (C=O) groups excluding carboxylic acids is 1. The Morgan fingerprint density at radius 3 is 2.52 bits per heavy atom. The van der Waals surface area contributed by atoms with Crippen molar-refractivity contribution in [3.63, 3.8) is 0 Å². The van der Waals surface area contributed by atoms with E-state index in [0.29, 0.717) is 22.7 Å². The first-order valence-corrected chi connectivity index (χ1v) is 10.5. The smallest absolute Gasteiger partial charge is 0.338 e. The Morgan fingerprint density at radius 1 is 1.06 bits per heavy atom. The fourth-order valence-corrected chi connectivity index (χ4v) is 4.27. The number of esters is 1. The van der Waals surface area contributed by atoms with Gasteiger partial charge in [-0.3, -0.25) is 14.7 Å². The van der Waals surface area contributed by atoms with Crippen LogP contribution in [0, 0.1) is 10.1 Å². The molecule has 4 aromatic rings. The Kier molecular flexibility index (Phi) is 5.10. The van der Waals surface area contributed by atoms with Gasteiger partial charge in [-0.2, -0.15) is 0 Å². The highest BCUT2D eigenvalue weighted by Crippen LogP contribution is 2.44. The summed E-state index contributed by atoms with van der Waals surface area (Å²) >= 11 is 0. The van der Waals surface area contributed by atoms with E-state index in [4.69, 9.17) is 9.72 Å². The average Bonchev–Trinajstić information content (AvgIpc) is 3.22. The second kappa shape index (κ2) is 8.23. The van der Waals surface area contributed by atoms with E-state index >= 15 is 0 Å². The summed E-state index contributed by atoms with van der Waals surface area (Å²) in [5.41, 5.74) is 3.31. The molecule has 1 unspecified atom stereocenters. The SMILES string of the molecule is CCOC(=O)C1=C(c2ccccc2)Nc2nc3ccccc3n2C1c1ccccc1[N+](=O)[O-]. The minimum atomic E-state index is -0.815. The third kappa shape index (κ3) is 3.41. The molecule has 8 nitrogen and oxygen atoms in total. The zero-order chi connectivity index (χ0) is 22.9. The first-order valence-electron chi connectivity index (χ1n) is 10.5. The molecule has 0 amide bonds. The number of nitrogens with one attached hydrogen (secondary N) is 1. The highest BCUT2D eigenvalue weighted by molar-refractivity contribution is 6.03. The van der Waals surface area contributed by atoms with Gasteiger partial charge in [-0.1, -0.05) is 54.6 Å². The monoisotopic (exact) mass is 440 g/mol. The van der Waals surface area contributed by atoms with Crippen LogP contribution < -0.4 is 5.32 Å². The summed E-state index contributed by atoms with van der Waals surface area (Å²) in [5, 5.41) is 15.3. The first kappa shape index (κ1) is 20.4. The van der Waals surface area contributed by atoms with Crippen molar-refractivity contribution in [2.24, 2.45) is 0 Å². The predicted molar refractivity (Wildman–Crippen MR) is 125 cm³/mol. The molecule has 0 saturated carbocycles. The number of rotatable bonds is 5. The lowest BCUT2D eigenvalue weighted by Gasteiger charge is -2.31. The second-order valence-corrected chi connectivity index (χ2v) is 7.51. The predicted octanol–water partition coefficient (Wildman–Crippen LogP) is 4.93. The quantitative estimate of drug-likeness (QED) is 0.268. The third-order valence-corrected chi connectivity index (χ3v) is 5.62. The Bertz CT molecular complexity index is 1410. The summed E-state index contributed by atoms with van der Waals surface area (Å²) in [6.07, 6.45) is 0. The van der Waals surface area contributed by atoms with Crippen LogP contribution in [0.1, 0.15) is 24.1 Å². The molecule has 1 aromatic heterocycles. The van der Waals surface area contributed by atoms with Gasteiger partial charge in [0.1, 0.15) is 6.04 Å². The Balaban J connectivity index is 1.88. The largest absolute Gasteiger partial charge is 0.463 e. The zero-order valence-corrected chi connectivity index (χ0v) is 17.8. The topological polar surface area (TPSA) is 99.3 Å². The molecule has 0 spiro atoms. The van der Waals surface area contributed by atoms with Crippen LogP contribution in [0.25, 0.3) is 16.7 Å². The van der Waals surface area contributed by atoms with Crippen LogP contribution >= 0.6 is 0 Å². The number of fused-ring (bicyclic) bond motifs is 3. The minimum Gasteiger partial charge on any atom is -0.463 e. The molecule has 1 aliphatic rings. The number of carbonyl (C=O) groups is 1. The van der Waals surface area contributed by atoms with Crippen LogP contribution in [-0.2, 0) is 9.53 Å². The number of nitrogens with zero attached hydrogens (tertiary/aromatic N) is 3.